The molecule has 0 atom stereocenters. The van der Waals surface area contributed by atoms with Gasteiger partial charge in [0, 0.05) is 25.7 Å². The monoisotopic (exact) mass is 792 g/mol. The van der Waals surface area contributed by atoms with Crippen molar-refractivity contribution in [3.8, 4) is 23.0 Å². The first-order valence-corrected chi connectivity index (χ1v) is 20.2. The number of aromatic hydroxyl groups is 2. The first kappa shape index (κ1) is 44.1. The summed E-state index contributed by atoms with van der Waals surface area (Å²) in [6.45, 7) is 25.2. The second-order valence-electron chi connectivity index (χ2n) is 20.0. The van der Waals surface area contributed by atoms with E-state index in [4.69, 9.17) is 18.9 Å². The molecule has 0 saturated carbocycles. The Morgan fingerprint density at radius 3 is 0.828 bits per heavy atom. The van der Waals surface area contributed by atoms with Crippen molar-refractivity contribution in [2.24, 2.45) is 0 Å². The molecule has 1 aliphatic rings. The summed E-state index contributed by atoms with van der Waals surface area (Å²) < 4.78 is 22.8. The highest BCUT2D eigenvalue weighted by Gasteiger charge is 2.29. The molecule has 4 aromatic carbocycles. The summed E-state index contributed by atoms with van der Waals surface area (Å²) in [4.78, 5) is 25.2. The van der Waals surface area contributed by atoms with E-state index in [1.54, 1.807) is 0 Å². The summed E-state index contributed by atoms with van der Waals surface area (Å²) in [5.74, 6) is 0.322. The average Bonchev–Trinajstić information content (AvgIpc) is 3.11. The first-order valence-electron chi connectivity index (χ1n) is 20.2. The van der Waals surface area contributed by atoms with Crippen LogP contribution in [0, 0.1) is 0 Å². The molecule has 0 spiro atoms. The van der Waals surface area contributed by atoms with Gasteiger partial charge in [-0.25, -0.2) is 9.59 Å². The van der Waals surface area contributed by atoms with Gasteiger partial charge in [-0.15, -0.1) is 0 Å². The fraction of sp³-hybridized carbons (Fsp3) is 0.480. The minimum atomic E-state index is -0.514. The molecule has 8 bridgehead atoms. The number of hydrogen-bond acceptors (Lipinski definition) is 8. The average molecular weight is 793 g/mol. The van der Waals surface area contributed by atoms with Gasteiger partial charge in [0.1, 0.15) is 23.0 Å². The van der Waals surface area contributed by atoms with Crippen LogP contribution in [0.4, 0.5) is 0 Å². The highest BCUT2D eigenvalue weighted by atomic mass is 16.6. The van der Waals surface area contributed by atoms with Gasteiger partial charge in [-0.3, -0.25) is 0 Å². The van der Waals surface area contributed by atoms with Crippen LogP contribution >= 0.6 is 0 Å². The van der Waals surface area contributed by atoms with Crippen LogP contribution in [-0.2, 0) is 66.4 Å². The van der Waals surface area contributed by atoms with Crippen molar-refractivity contribution in [3.63, 3.8) is 0 Å². The summed E-state index contributed by atoms with van der Waals surface area (Å²) in [5, 5.41) is 24.7. The van der Waals surface area contributed by atoms with Gasteiger partial charge in [-0.05, 0) is 88.4 Å². The van der Waals surface area contributed by atoms with E-state index in [1.807, 2.05) is 0 Å². The lowest BCUT2D eigenvalue weighted by molar-refractivity contribution is -0.143. The summed E-state index contributed by atoms with van der Waals surface area (Å²) in [7, 11) is 2.67. The third-order valence-corrected chi connectivity index (χ3v) is 11.1. The molecule has 0 unspecified atom stereocenters. The number of hydrogen-bond donors (Lipinski definition) is 2. The van der Waals surface area contributed by atoms with Gasteiger partial charge in [-0.1, -0.05) is 132 Å². The number of phenolic OH excluding ortho intramolecular Hbond substituents is 2. The van der Waals surface area contributed by atoms with Crippen molar-refractivity contribution in [1.29, 1.82) is 0 Å². The van der Waals surface area contributed by atoms with Crippen LogP contribution in [0.5, 0.6) is 23.0 Å². The highest BCUT2D eigenvalue weighted by Crippen LogP contribution is 2.43. The van der Waals surface area contributed by atoms with Crippen LogP contribution in [0.2, 0.25) is 0 Å². The number of esters is 2. The SMILES string of the molecule is COC(=O)COc1c2cc(C(C)(C)C)cc1Cc1cc(C(C)(C)C)cc(c1O)Cc1cc(C(C)(C)C)cc(c1OCC(=O)OC)Cc1cc(C(C)(C)C)cc(c1O)C2. The van der Waals surface area contributed by atoms with Crippen molar-refractivity contribution in [1.82, 2.24) is 0 Å². The molecule has 0 amide bonds. The molecule has 312 valence electrons. The first-order chi connectivity index (χ1) is 26.8. The van der Waals surface area contributed by atoms with Gasteiger partial charge in [0.15, 0.2) is 13.2 Å². The highest BCUT2D eigenvalue weighted by molar-refractivity contribution is 5.72. The quantitative estimate of drug-likeness (QED) is 0.164. The molecule has 5 rings (SSSR count). The zero-order valence-electron chi connectivity index (χ0n) is 37.2. The molecule has 0 fully saturated rings. The van der Waals surface area contributed by atoms with Crippen LogP contribution in [0.25, 0.3) is 0 Å². The Balaban J connectivity index is 1.95. The van der Waals surface area contributed by atoms with Gasteiger partial charge >= 0.3 is 11.9 Å². The molecular weight excluding hydrogens is 729 g/mol. The Morgan fingerprint density at radius 1 is 0.431 bits per heavy atom. The number of phenols is 2. The molecule has 58 heavy (non-hydrogen) atoms. The zero-order chi connectivity index (χ0) is 43.1. The van der Waals surface area contributed by atoms with E-state index in [1.165, 1.54) is 14.2 Å². The lowest BCUT2D eigenvalue weighted by Crippen LogP contribution is -2.18. The number of methoxy groups -OCH3 is 2. The van der Waals surface area contributed by atoms with E-state index in [9.17, 15) is 19.8 Å². The van der Waals surface area contributed by atoms with E-state index in [0.29, 0.717) is 59.4 Å². The van der Waals surface area contributed by atoms with E-state index in [0.717, 1.165) is 44.5 Å². The lowest BCUT2D eigenvalue weighted by Gasteiger charge is -2.28. The molecule has 0 radical (unpaired) electrons. The molecule has 2 N–H and O–H groups in total. The number of carbonyl (C=O) groups is 2. The van der Waals surface area contributed by atoms with Gasteiger partial charge in [0.05, 0.1) is 14.2 Å². The third-order valence-electron chi connectivity index (χ3n) is 11.1. The topological polar surface area (TPSA) is 112 Å². The van der Waals surface area contributed by atoms with Crippen LogP contribution in [0.3, 0.4) is 0 Å². The van der Waals surface area contributed by atoms with Gasteiger partial charge < -0.3 is 29.2 Å². The Morgan fingerprint density at radius 2 is 0.638 bits per heavy atom. The van der Waals surface area contributed by atoms with Gasteiger partial charge in [-0.2, -0.15) is 0 Å². The Kier molecular flexibility index (Phi) is 12.4. The third kappa shape index (κ3) is 9.99. The summed E-state index contributed by atoms with van der Waals surface area (Å²) in [6, 6.07) is 16.7. The van der Waals surface area contributed by atoms with Crippen LogP contribution < -0.4 is 9.47 Å². The second kappa shape index (κ2) is 16.3. The number of benzene rings is 4. The maximum Gasteiger partial charge on any atom is 0.343 e. The molecule has 4 aromatic rings. The number of rotatable bonds is 6. The second-order valence-corrected chi connectivity index (χ2v) is 20.0. The van der Waals surface area contributed by atoms with Gasteiger partial charge in [0.2, 0.25) is 0 Å². The summed E-state index contributed by atoms with van der Waals surface area (Å²) >= 11 is 0. The van der Waals surface area contributed by atoms with Crippen molar-refractivity contribution in [2.75, 3.05) is 27.4 Å². The molecule has 1 aliphatic carbocycles. The maximum atomic E-state index is 12.6. The predicted molar refractivity (Wildman–Crippen MR) is 230 cm³/mol. The molecular formula is C50H64O8. The largest absolute Gasteiger partial charge is 0.507 e. The fourth-order valence-corrected chi connectivity index (χ4v) is 7.40. The van der Waals surface area contributed by atoms with E-state index < -0.39 is 11.9 Å². The molecule has 0 heterocycles. The standard InChI is InChI=1S/C50H64O8/c1-47(2,3)37-19-29-15-33-23-39(49(7,8)9)25-35(45(33)57-27-41(51)55-13)17-31-21-38(48(4,5)6)22-32(44(31)54)18-36-26-40(50(10,11)12)24-34(16-30(20-37)43(29)53)46(36)58-28-42(52)56-14/h19-26,53-54H,15-18,27-28H2,1-14H3. The molecule has 0 aromatic heterocycles. The van der Waals surface area contributed by atoms with Crippen LogP contribution in [0.15, 0.2) is 48.5 Å². The van der Waals surface area contributed by atoms with E-state index in [2.05, 4.69) is 132 Å². The number of carbonyl (C=O) groups excluding carboxylic acids is 2. The Hall–Kier alpha value is -4.98. The van der Waals surface area contributed by atoms with Crippen LogP contribution in [0.1, 0.15) is 150 Å². The molecule has 0 aliphatic heterocycles. The normalized spacial score (nSPS) is 13.5. The minimum absolute atomic E-state index is 0.154. The zero-order valence-corrected chi connectivity index (χ0v) is 37.2. The van der Waals surface area contributed by atoms with Crippen molar-refractivity contribution >= 4 is 11.9 Å². The van der Waals surface area contributed by atoms with Crippen LogP contribution in [-0.4, -0.2) is 49.6 Å². The Bertz CT molecular complexity index is 1950. The molecule has 8 nitrogen and oxygen atoms in total. The minimum Gasteiger partial charge on any atom is -0.507 e. The van der Waals surface area contributed by atoms with Crippen molar-refractivity contribution in [2.45, 2.75) is 130 Å². The number of ether oxygens (including phenoxy) is 4. The van der Waals surface area contributed by atoms with Crippen molar-refractivity contribution < 1.29 is 38.7 Å². The fourth-order valence-electron chi connectivity index (χ4n) is 7.40. The van der Waals surface area contributed by atoms with E-state index >= 15 is 0 Å². The van der Waals surface area contributed by atoms with E-state index in [-0.39, 0.29) is 46.4 Å². The van der Waals surface area contributed by atoms with Crippen molar-refractivity contribution in [3.05, 3.63) is 115 Å². The smallest absolute Gasteiger partial charge is 0.343 e. The lowest BCUT2D eigenvalue weighted by atomic mass is 9.79. The molecule has 8 heteroatoms. The Labute approximate surface area is 345 Å². The summed E-state index contributed by atoms with van der Waals surface area (Å²) in [5.41, 5.74) is 9.16. The molecule has 0 saturated heterocycles. The number of fused-ring (bicyclic) bond motifs is 8. The maximum absolute atomic E-state index is 12.6. The summed E-state index contributed by atoms with van der Waals surface area (Å²) in [6.07, 6.45) is 1.20. The van der Waals surface area contributed by atoms with Gasteiger partial charge in [0.25, 0.3) is 0 Å². The predicted octanol–water partition coefficient (Wildman–Crippen LogP) is 10.1.